The van der Waals surface area contributed by atoms with Gasteiger partial charge in [-0.25, -0.2) is 4.63 Å². The second-order valence-corrected chi connectivity index (χ2v) is 3.56. The second-order valence-electron chi connectivity index (χ2n) is 3.56. The number of nitro groups is 1. The number of hydrogen-bond donors (Lipinski definition) is 2. The lowest BCUT2D eigenvalue weighted by Gasteiger charge is -2.10. The van der Waals surface area contributed by atoms with E-state index in [2.05, 4.69) is 20.3 Å². The monoisotopic (exact) mass is 252 g/mol. The number of fused-ring (bicyclic) bond motifs is 1. The zero-order valence-corrected chi connectivity index (χ0v) is 9.15. The molecule has 2 rings (SSSR count). The largest absolute Gasteiger partial charge is 0.480 e. The summed E-state index contributed by atoms with van der Waals surface area (Å²) in [7, 11) is 0. The molecule has 9 nitrogen and oxygen atoms in total. The second kappa shape index (κ2) is 4.28. The Morgan fingerprint density at radius 1 is 1.50 bits per heavy atom. The highest BCUT2D eigenvalue weighted by atomic mass is 16.6. The van der Waals surface area contributed by atoms with Crippen molar-refractivity contribution in [1.29, 1.82) is 0 Å². The van der Waals surface area contributed by atoms with Crippen molar-refractivity contribution in [3.05, 3.63) is 22.2 Å². The molecule has 1 aromatic heterocycles. The Morgan fingerprint density at radius 3 is 2.78 bits per heavy atom. The minimum atomic E-state index is -1.06. The van der Waals surface area contributed by atoms with Gasteiger partial charge in [0.1, 0.15) is 6.04 Å². The molecule has 2 N–H and O–H groups in total. The van der Waals surface area contributed by atoms with Gasteiger partial charge in [-0.15, -0.1) is 0 Å². The Balaban J connectivity index is 2.48. The van der Waals surface area contributed by atoms with Crippen molar-refractivity contribution in [1.82, 2.24) is 10.3 Å². The minimum Gasteiger partial charge on any atom is -0.480 e. The molecule has 0 fully saturated rings. The van der Waals surface area contributed by atoms with Crippen molar-refractivity contribution in [2.24, 2.45) is 0 Å². The van der Waals surface area contributed by atoms with E-state index in [1.54, 1.807) is 0 Å². The van der Waals surface area contributed by atoms with Gasteiger partial charge < -0.3 is 10.4 Å². The van der Waals surface area contributed by atoms with E-state index in [1.165, 1.54) is 19.1 Å². The van der Waals surface area contributed by atoms with Crippen LogP contribution in [0.5, 0.6) is 0 Å². The molecule has 2 aromatic rings. The normalized spacial score (nSPS) is 12.3. The van der Waals surface area contributed by atoms with Gasteiger partial charge in [-0.3, -0.25) is 14.9 Å². The van der Waals surface area contributed by atoms with Gasteiger partial charge in [0, 0.05) is 6.07 Å². The number of aliphatic carboxylic acids is 1. The van der Waals surface area contributed by atoms with Crippen LogP contribution in [0.4, 0.5) is 11.4 Å². The topological polar surface area (TPSA) is 131 Å². The summed E-state index contributed by atoms with van der Waals surface area (Å²) in [4.78, 5) is 20.8. The van der Waals surface area contributed by atoms with Crippen molar-refractivity contribution in [2.45, 2.75) is 13.0 Å². The Kier molecular flexibility index (Phi) is 2.80. The summed E-state index contributed by atoms with van der Waals surface area (Å²) in [5.74, 6) is -1.06. The van der Waals surface area contributed by atoms with E-state index in [0.717, 1.165) is 0 Å². The number of carboxylic acids is 1. The van der Waals surface area contributed by atoms with Crippen LogP contribution in [0, 0.1) is 10.1 Å². The summed E-state index contributed by atoms with van der Waals surface area (Å²) in [6, 6.07) is 1.71. The van der Waals surface area contributed by atoms with E-state index < -0.39 is 16.9 Å². The zero-order valence-electron chi connectivity index (χ0n) is 9.15. The fourth-order valence-electron chi connectivity index (χ4n) is 1.41. The fourth-order valence-corrected chi connectivity index (χ4v) is 1.41. The maximum Gasteiger partial charge on any atom is 0.325 e. The third kappa shape index (κ3) is 1.93. The Morgan fingerprint density at radius 2 is 2.17 bits per heavy atom. The molecule has 1 unspecified atom stereocenters. The molecule has 0 aliphatic heterocycles. The molecule has 9 heteroatoms. The summed E-state index contributed by atoms with van der Waals surface area (Å²) in [5, 5.41) is 29.1. The van der Waals surface area contributed by atoms with Crippen molar-refractivity contribution in [3.8, 4) is 0 Å². The van der Waals surface area contributed by atoms with Gasteiger partial charge in [-0.1, -0.05) is 0 Å². The Labute approximate surface area is 99.5 Å². The zero-order chi connectivity index (χ0) is 13.3. The van der Waals surface area contributed by atoms with Crippen LogP contribution in [-0.4, -0.2) is 32.4 Å². The van der Waals surface area contributed by atoms with Crippen LogP contribution in [0.1, 0.15) is 6.92 Å². The van der Waals surface area contributed by atoms with Gasteiger partial charge in [0.2, 0.25) is 5.52 Å². The fraction of sp³-hybridized carbons (Fsp3) is 0.222. The molecule has 0 aliphatic rings. The lowest BCUT2D eigenvalue weighted by Crippen LogP contribution is -2.25. The number of nitrogens with one attached hydrogen (secondary N) is 1. The molecule has 0 aliphatic carbocycles. The summed E-state index contributed by atoms with van der Waals surface area (Å²) < 4.78 is 4.45. The maximum absolute atomic E-state index is 10.7. The Bertz CT molecular complexity index is 622. The molecular weight excluding hydrogens is 244 g/mol. The van der Waals surface area contributed by atoms with Crippen LogP contribution in [0.3, 0.4) is 0 Å². The molecule has 1 atom stereocenters. The van der Waals surface area contributed by atoms with Gasteiger partial charge in [-0.05, 0) is 23.3 Å². The van der Waals surface area contributed by atoms with E-state index >= 15 is 0 Å². The van der Waals surface area contributed by atoms with Crippen LogP contribution >= 0.6 is 0 Å². The number of carbonyl (C=O) groups is 1. The molecule has 0 amide bonds. The predicted octanol–water partition coefficient (Wildman–Crippen LogP) is 1.02. The van der Waals surface area contributed by atoms with E-state index in [-0.39, 0.29) is 16.7 Å². The number of aromatic nitrogens is 2. The van der Waals surface area contributed by atoms with Crippen LogP contribution in [0.25, 0.3) is 11.0 Å². The third-order valence-corrected chi connectivity index (χ3v) is 2.33. The van der Waals surface area contributed by atoms with Gasteiger partial charge in [-0.2, -0.15) is 0 Å². The molecule has 1 heterocycles. The molecule has 18 heavy (non-hydrogen) atoms. The highest BCUT2D eigenvalue weighted by Crippen LogP contribution is 2.28. The molecule has 0 spiro atoms. The first-order chi connectivity index (χ1) is 8.50. The third-order valence-electron chi connectivity index (χ3n) is 2.33. The molecule has 1 aromatic carbocycles. The maximum atomic E-state index is 10.7. The number of carboxylic acid groups (broad SMARTS) is 1. The van der Waals surface area contributed by atoms with Crippen molar-refractivity contribution in [3.63, 3.8) is 0 Å². The molecule has 0 radical (unpaired) electrons. The quantitative estimate of drug-likeness (QED) is 0.608. The SMILES string of the molecule is CC(Nc1ccc([N+](=O)[O-])c2nonc12)C(=O)O. The van der Waals surface area contributed by atoms with Gasteiger partial charge in [0.25, 0.3) is 0 Å². The summed E-state index contributed by atoms with van der Waals surface area (Å²) >= 11 is 0. The molecule has 94 valence electrons. The molecule has 0 saturated carbocycles. The highest BCUT2D eigenvalue weighted by molar-refractivity contribution is 5.94. The van der Waals surface area contributed by atoms with Crippen molar-refractivity contribution < 1.29 is 19.5 Å². The van der Waals surface area contributed by atoms with E-state index in [1.807, 2.05) is 0 Å². The smallest absolute Gasteiger partial charge is 0.325 e. The van der Waals surface area contributed by atoms with Gasteiger partial charge in [0.05, 0.1) is 10.6 Å². The standard InChI is InChI=1S/C9H8N4O5/c1-4(9(14)15)10-5-2-3-6(13(16)17)8-7(5)11-18-12-8/h2-4,10H,1H3,(H,14,15). The first kappa shape index (κ1) is 11.8. The Hall–Kier alpha value is -2.71. The van der Waals surface area contributed by atoms with Crippen molar-refractivity contribution in [2.75, 3.05) is 5.32 Å². The number of non-ortho nitro benzene ring substituents is 1. The summed E-state index contributed by atoms with van der Waals surface area (Å²) in [5.41, 5.74) is 0.159. The first-order valence-corrected chi connectivity index (χ1v) is 4.89. The first-order valence-electron chi connectivity index (χ1n) is 4.89. The van der Waals surface area contributed by atoms with Crippen LogP contribution < -0.4 is 5.32 Å². The van der Waals surface area contributed by atoms with Crippen LogP contribution in [-0.2, 0) is 4.79 Å². The number of rotatable bonds is 4. The molecular formula is C9H8N4O5. The van der Waals surface area contributed by atoms with Gasteiger partial charge in [0.15, 0.2) is 5.52 Å². The van der Waals surface area contributed by atoms with Gasteiger partial charge >= 0.3 is 11.7 Å². The lowest BCUT2D eigenvalue weighted by molar-refractivity contribution is -0.383. The molecule has 0 bridgehead atoms. The number of hydrogen-bond acceptors (Lipinski definition) is 7. The predicted molar refractivity (Wildman–Crippen MR) is 59.2 cm³/mol. The number of nitrogens with zero attached hydrogens (tertiary/aromatic N) is 3. The van der Waals surface area contributed by atoms with E-state index in [9.17, 15) is 14.9 Å². The minimum absolute atomic E-state index is 0.0254. The van der Waals surface area contributed by atoms with Crippen LogP contribution in [0.2, 0.25) is 0 Å². The number of benzene rings is 1. The van der Waals surface area contributed by atoms with Crippen LogP contribution in [0.15, 0.2) is 16.8 Å². The number of nitro benzene ring substituents is 1. The highest BCUT2D eigenvalue weighted by Gasteiger charge is 2.21. The number of anilines is 1. The summed E-state index contributed by atoms with van der Waals surface area (Å²) in [6.45, 7) is 1.43. The lowest BCUT2D eigenvalue weighted by atomic mass is 10.2. The molecule has 0 saturated heterocycles. The average Bonchev–Trinajstić information content (AvgIpc) is 2.77. The van der Waals surface area contributed by atoms with Crippen molar-refractivity contribution >= 4 is 28.4 Å². The van der Waals surface area contributed by atoms with E-state index in [0.29, 0.717) is 5.69 Å². The average molecular weight is 252 g/mol. The van der Waals surface area contributed by atoms with E-state index in [4.69, 9.17) is 5.11 Å². The summed E-state index contributed by atoms with van der Waals surface area (Å²) in [6.07, 6.45) is 0.